The fraction of sp³-hybridized carbons (Fsp3) is 0.323. The van der Waals surface area contributed by atoms with Gasteiger partial charge in [0.1, 0.15) is 5.82 Å². The number of nitrogens with one attached hydrogen (secondary N) is 2. The van der Waals surface area contributed by atoms with Gasteiger partial charge in [-0.25, -0.2) is 4.98 Å². The van der Waals surface area contributed by atoms with Crippen LogP contribution in [0, 0.1) is 5.92 Å². The number of aliphatic hydroxyl groups is 1. The molecular weight excluding hydrogens is 526 g/mol. The number of nitrogens with zero attached hydrogens (tertiary/aromatic N) is 3. The maximum atomic E-state index is 13.2. The van der Waals surface area contributed by atoms with Crippen LogP contribution in [0.15, 0.2) is 73.1 Å². The van der Waals surface area contributed by atoms with Gasteiger partial charge < -0.3 is 20.3 Å². The smallest absolute Gasteiger partial charge is 0.251 e. The first-order chi connectivity index (χ1) is 19.4. The predicted molar refractivity (Wildman–Crippen MR) is 156 cm³/mol. The fourth-order valence-electron chi connectivity index (χ4n) is 5.84. The summed E-state index contributed by atoms with van der Waals surface area (Å²) in [5.74, 6) is 0.356. The van der Waals surface area contributed by atoms with Crippen molar-refractivity contribution in [3.05, 3.63) is 89.5 Å². The van der Waals surface area contributed by atoms with Crippen LogP contribution in [0.25, 0.3) is 16.5 Å². The lowest BCUT2D eigenvalue weighted by Crippen LogP contribution is -2.41. The van der Waals surface area contributed by atoms with Crippen molar-refractivity contribution >= 4 is 39.9 Å². The van der Waals surface area contributed by atoms with E-state index in [0.717, 1.165) is 54.5 Å². The average molecular weight is 558 g/mol. The van der Waals surface area contributed by atoms with Gasteiger partial charge in [-0.2, -0.15) is 0 Å². The van der Waals surface area contributed by atoms with Crippen molar-refractivity contribution in [3.8, 4) is 5.69 Å². The fourth-order valence-corrected chi connectivity index (χ4v) is 6.02. The molecule has 206 valence electrons. The van der Waals surface area contributed by atoms with Gasteiger partial charge in [-0.05, 0) is 78.6 Å². The highest BCUT2D eigenvalue weighted by Crippen LogP contribution is 2.28. The Morgan fingerprint density at radius 1 is 1.00 bits per heavy atom. The second kappa shape index (κ2) is 11.4. The van der Waals surface area contributed by atoms with Crippen LogP contribution in [-0.4, -0.2) is 56.6 Å². The van der Waals surface area contributed by atoms with E-state index in [4.69, 9.17) is 11.6 Å². The number of hydrogen-bond acceptors (Lipinski definition) is 5. The maximum Gasteiger partial charge on any atom is 0.251 e. The number of fused-ring (bicyclic) bond motifs is 1. The standard InChI is InChI=1S/C31H32ClN5O3/c32-23-7-6-20-16-22(5-4-21(20)17-23)30(39)35-28-3-1-2-27(28)31(40)34-24-8-10-25(11-9-24)37-15-13-33-29(37)19-36-14-12-26(38)18-36/h4-11,13,15-17,26-28,38H,1-3,12,14,18-19H2,(H,34,40)(H,35,39)/t26?,27-,28+/m0/s1. The van der Waals surface area contributed by atoms with Crippen molar-refractivity contribution in [1.82, 2.24) is 19.8 Å². The van der Waals surface area contributed by atoms with Crippen LogP contribution in [0.2, 0.25) is 5.02 Å². The number of carbonyl (C=O) groups is 2. The van der Waals surface area contributed by atoms with E-state index in [1.165, 1.54) is 0 Å². The molecule has 3 atom stereocenters. The predicted octanol–water partition coefficient (Wildman–Crippen LogP) is 4.78. The Balaban J connectivity index is 1.08. The summed E-state index contributed by atoms with van der Waals surface area (Å²) in [5.41, 5.74) is 2.23. The van der Waals surface area contributed by atoms with E-state index in [2.05, 4.69) is 20.5 Å². The molecule has 9 heteroatoms. The van der Waals surface area contributed by atoms with Crippen LogP contribution in [-0.2, 0) is 11.3 Å². The van der Waals surface area contributed by atoms with E-state index >= 15 is 0 Å². The molecule has 1 saturated heterocycles. The molecule has 2 aliphatic rings. The molecule has 0 spiro atoms. The third kappa shape index (κ3) is 5.75. The first-order valence-corrected chi connectivity index (χ1v) is 14.1. The molecule has 1 aliphatic heterocycles. The number of carbonyl (C=O) groups excluding carboxylic acids is 2. The summed E-state index contributed by atoms with van der Waals surface area (Å²) in [4.78, 5) is 33.0. The number of benzene rings is 3. The van der Waals surface area contributed by atoms with Gasteiger partial charge in [0.15, 0.2) is 0 Å². The Bertz CT molecular complexity index is 1540. The third-order valence-electron chi connectivity index (χ3n) is 7.98. The van der Waals surface area contributed by atoms with Gasteiger partial charge in [-0.3, -0.25) is 14.5 Å². The zero-order valence-electron chi connectivity index (χ0n) is 22.1. The van der Waals surface area contributed by atoms with Gasteiger partial charge in [0.25, 0.3) is 5.91 Å². The number of anilines is 1. The molecule has 1 aliphatic carbocycles. The Morgan fingerprint density at radius 2 is 1.80 bits per heavy atom. The molecule has 1 unspecified atom stereocenters. The zero-order valence-corrected chi connectivity index (χ0v) is 22.8. The highest BCUT2D eigenvalue weighted by Gasteiger charge is 2.34. The maximum absolute atomic E-state index is 13.2. The minimum absolute atomic E-state index is 0.0837. The van der Waals surface area contributed by atoms with E-state index in [-0.39, 0.29) is 29.9 Å². The molecule has 3 aromatic carbocycles. The van der Waals surface area contributed by atoms with Crippen LogP contribution in [0.3, 0.4) is 0 Å². The summed E-state index contributed by atoms with van der Waals surface area (Å²) in [6.45, 7) is 2.20. The summed E-state index contributed by atoms with van der Waals surface area (Å²) >= 11 is 6.08. The van der Waals surface area contributed by atoms with E-state index in [9.17, 15) is 14.7 Å². The molecule has 1 saturated carbocycles. The number of aliphatic hydroxyl groups excluding tert-OH is 1. The van der Waals surface area contributed by atoms with E-state index in [1.54, 1.807) is 12.3 Å². The van der Waals surface area contributed by atoms with E-state index in [0.29, 0.717) is 29.4 Å². The van der Waals surface area contributed by atoms with Crippen molar-refractivity contribution in [3.63, 3.8) is 0 Å². The number of likely N-dealkylation sites (tertiary alicyclic amines) is 1. The number of hydrogen-bond donors (Lipinski definition) is 3. The van der Waals surface area contributed by atoms with Gasteiger partial charge in [0.05, 0.1) is 18.6 Å². The van der Waals surface area contributed by atoms with Crippen LogP contribution in [0.4, 0.5) is 5.69 Å². The summed E-state index contributed by atoms with van der Waals surface area (Å²) in [7, 11) is 0. The highest BCUT2D eigenvalue weighted by atomic mass is 35.5. The van der Waals surface area contributed by atoms with Gasteiger partial charge >= 0.3 is 0 Å². The van der Waals surface area contributed by atoms with Crippen LogP contribution in [0.1, 0.15) is 41.9 Å². The van der Waals surface area contributed by atoms with Crippen molar-refractivity contribution < 1.29 is 14.7 Å². The van der Waals surface area contributed by atoms with Gasteiger partial charge in [-0.1, -0.05) is 30.2 Å². The molecule has 8 nitrogen and oxygen atoms in total. The molecule has 2 fully saturated rings. The van der Waals surface area contributed by atoms with Crippen molar-refractivity contribution in [1.29, 1.82) is 0 Å². The minimum Gasteiger partial charge on any atom is -0.392 e. The third-order valence-corrected chi connectivity index (χ3v) is 8.21. The second-order valence-electron chi connectivity index (χ2n) is 10.8. The molecule has 3 N–H and O–H groups in total. The average Bonchev–Trinajstić information content (AvgIpc) is 3.71. The normalized spacial score (nSPS) is 21.1. The molecule has 2 heterocycles. The Hall–Kier alpha value is -3.72. The largest absolute Gasteiger partial charge is 0.392 e. The molecular formula is C31H32ClN5O3. The lowest BCUT2D eigenvalue weighted by atomic mass is 10.0. The Kier molecular flexibility index (Phi) is 7.56. The van der Waals surface area contributed by atoms with Crippen LogP contribution >= 0.6 is 11.6 Å². The molecule has 1 aromatic heterocycles. The van der Waals surface area contributed by atoms with Crippen LogP contribution in [0.5, 0.6) is 0 Å². The minimum atomic E-state index is -0.293. The molecule has 0 radical (unpaired) electrons. The van der Waals surface area contributed by atoms with E-state index in [1.807, 2.05) is 65.4 Å². The quantitative estimate of drug-likeness (QED) is 0.304. The van der Waals surface area contributed by atoms with Gasteiger partial charge in [0, 0.05) is 53.5 Å². The molecule has 0 bridgehead atoms. The molecule has 40 heavy (non-hydrogen) atoms. The first kappa shape index (κ1) is 26.5. The lowest BCUT2D eigenvalue weighted by molar-refractivity contribution is -0.120. The Morgan fingerprint density at radius 3 is 2.60 bits per heavy atom. The van der Waals surface area contributed by atoms with Gasteiger partial charge in [0.2, 0.25) is 5.91 Å². The van der Waals surface area contributed by atoms with Crippen molar-refractivity contribution in [2.24, 2.45) is 5.92 Å². The van der Waals surface area contributed by atoms with E-state index < -0.39 is 0 Å². The molecule has 4 aromatic rings. The van der Waals surface area contributed by atoms with Crippen molar-refractivity contribution in [2.45, 2.75) is 44.4 Å². The lowest BCUT2D eigenvalue weighted by Gasteiger charge is -2.21. The van der Waals surface area contributed by atoms with Crippen molar-refractivity contribution in [2.75, 3.05) is 18.4 Å². The summed E-state index contributed by atoms with van der Waals surface area (Å²) in [6, 6.07) is 18.6. The summed E-state index contributed by atoms with van der Waals surface area (Å²) in [5, 5.41) is 18.5. The number of imidazole rings is 1. The summed E-state index contributed by atoms with van der Waals surface area (Å²) < 4.78 is 2.03. The van der Waals surface area contributed by atoms with Gasteiger partial charge in [-0.15, -0.1) is 0 Å². The van der Waals surface area contributed by atoms with Crippen LogP contribution < -0.4 is 10.6 Å². The number of β-amino-alcohol motifs (C(OH)–C–C–N with tert-alkyl or cyclic N) is 1. The highest BCUT2D eigenvalue weighted by molar-refractivity contribution is 6.31. The second-order valence-corrected chi connectivity index (χ2v) is 11.2. The number of aromatic nitrogens is 2. The molecule has 6 rings (SSSR count). The molecule has 2 amide bonds. The first-order valence-electron chi connectivity index (χ1n) is 13.8. The number of amides is 2. The topological polar surface area (TPSA) is 99.5 Å². The SMILES string of the molecule is O=C(N[C@@H]1CCC[C@@H]1C(=O)Nc1ccc(-n2ccnc2CN2CCC(O)C2)cc1)c1ccc2cc(Cl)ccc2c1. The summed E-state index contributed by atoms with van der Waals surface area (Å²) in [6.07, 6.45) is 6.61. The number of halogens is 1. The monoisotopic (exact) mass is 557 g/mol. The number of rotatable bonds is 7. The Labute approximate surface area is 238 Å². The zero-order chi connectivity index (χ0) is 27.6.